The van der Waals surface area contributed by atoms with Crippen LogP contribution in [0.2, 0.25) is 0 Å². The monoisotopic (exact) mass is 357 g/mol. The van der Waals surface area contributed by atoms with Crippen molar-refractivity contribution in [2.24, 2.45) is 0 Å². The Morgan fingerprint density at radius 2 is 1.85 bits per heavy atom. The van der Waals surface area contributed by atoms with Crippen molar-refractivity contribution < 1.29 is 9.21 Å². The molecule has 0 spiro atoms. The van der Waals surface area contributed by atoms with Gasteiger partial charge >= 0.3 is 0 Å². The van der Waals surface area contributed by atoms with Crippen LogP contribution in [-0.2, 0) is 16.6 Å². The van der Waals surface area contributed by atoms with Crippen LogP contribution in [0.5, 0.6) is 0 Å². The van der Waals surface area contributed by atoms with Crippen LogP contribution in [0.4, 0.5) is 0 Å². The molecule has 142 valence electrons. The lowest BCUT2D eigenvalue weighted by atomic mass is 9.87. The van der Waals surface area contributed by atoms with Gasteiger partial charge < -0.3 is 14.6 Å². The first-order valence-electron chi connectivity index (χ1n) is 9.15. The first kappa shape index (κ1) is 20.2. The van der Waals surface area contributed by atoms with Gasteiger partial charge in [-0.15, -0.1) is 0 Å². The molecule has 0 radical (unpaired) electrons. The highest BCUT2D eigenvalue weighted by Gasteiger charge is 2.16. The summed E-state index contributed by atoms with van der Waals surface area (Å²) in [5.41, 5.74) is 3.01. The Morgan fingerprint density at radius 1 is 1.19 bits per heavy atom. The number of nitrogens with one attached hydrogen (secondary N) is 1. The second-order valence-corrected chi connectivity index (χ2v) is 8.03. The molecule has 0 aliphatic heterocycles. The quantitative estimate of drug-likeness (QED) is 0.770. The third-order valence-corrected chi connectivity index (χ3v) is 4.32. The number of aromatic nitrogens is 1. The zero-order valence-electron chi connectivity index (χ0n) is 16.8. The van der Waals surface area contributed by atoms with Gasteiger partial charge in [-0.2, -0.15) is 0 Å². The van der Waals surface area contributed by atoms with Crippen molar-refractivity contribution >= 4 is 5.91 Å². The number of hydrogen-bond acceptors (Lipinski definition) is 4. The minimum atomic E-state index is -0.0187. The number of hydrogen-bond donors (Lipinski definition) is 1. The SMILES string of the molecule is Cc1oc(-c2ccc(C(C)(C)C)cc2)nc1CC(=O)NCCCN(C)C. The van der Waals surface area contributed by atoms with Crippen LogP contribution in [-0.4, -0.2) is 43.0 Å². The standard InChI is InChI=1S/C21H31N3O2/c1-15-18(14-19(25)22-12-7-13-24(5)6)23-20(26-15)16-8-10-17(11-9-16)21(2,3)4/h8-11H,7,12-14H2,1-6H3,(H,22,25). The maximum absolute atomic E-state index is 12.1. The number of oxazole rings is 1. The van der Waals surface area contributed by atoms with Crippen molar-refractivity contribution in [3.8, 4) is 11.5 Å². The Labute approximate surface area is 156 Å². The molecule has 0 unspecified atom stereocenters. The Kier molecular flexibility index (Phi) is 6.59. The molecule has 5 nitrogen and oxygen atoms in total. The van der Waals surface area contributed by atoms with E-state index in [0.29, 0.717) is 23.9 Å². The Morgan fingerprint density at radius 3 is 2.42 bits per heavy atom. The van der Waals surface area contributed by atoms with E-state index >= 15 is 0 Å². The average molecular weight is 357 g/mol. The molecule has 2 rings (SSSR count). The molecular weight excluding hydrogens is 326 g/mol. The fourth-order valence-corrected chi connectivity index (χ4v) is 2.67. The predicted molar refractivity (Wildman–Crippen MR) is 105 cm³/mol. The van der Waals surface area contributed by atoms with Gasteiger partial charge in [0, 0.05) is 12.1 Å². The first-order valence-corrected chi connectivity index (χ1v) is 9.15. The topological polar surface area (TPSA) is 58.4 Å². The molecule has 0 atom stereocenters. The van der Waals surface area contributed by atoms with Gasteiger partial charge in [-0.05, 0) is 57.1 Å². The van der Waals surface area contributed by atoms with Gasteiger partial charge in [-0.3, -0.25) is 4.79 Å². The summed E-state index contributed by atoms with van der Waals surface area (Å²) in [5.74, 6) is 1.25. The molecule has 2 aromatic rings. The number of rotatable bonds is 7. The average Bonchev–Trinajstić information content (AvgIpc) is 2.91. The van der Waals surface area contributed by atoms with Crippen molar-refractivity contribution in [1.29, 1.82) is 0 Å². The predicted octanol–water partition coefficient (Wildman–Crippen LogP) is 3.56. The molecule has 0 saturated carbocycles. The largest absolute Gasteiger partial charge is 0.441 e. The van der Waals surface area contributed by atoms with Crippen LogP contribution in [0.15, 0.2) is 28.7 Å². The number of benzene rings is 1. The van der Waals surface area contributed by atoms with E-state index in [0.717, 1.165) is 18.5 Å². The molecule has 26 heavy (non-hydrogen) atoms. The van der Waals surface area contributed by atoms with E-state index in [4.69, 9.17) is 4.42 Å². The number of carbonyl (C=O) groups excluding carboxylic acids is 1. The lowest BCUT2D eigenvalue weighted by Crippen LogP contribution is -2.28. The van der Waals surface area contributed by atoms with Gasteiger partial charge in [-0.25, -0.2) is 4.98 Å². The molecule has 1 aromatic heterocycles. The molecule has 5 heteroatoms. The maximum atomic E-state index is 12.1. The number of nitrogens with zero attached hydrogens (tertiary/aromatic N) is 2. The smallest absolute Gasteiger partial charge is 0.226 e. The fraction of sp³-hybridized carbons (Fsp3) is 0.524. The van der Waals surface area contributed by atoms with Crippen molar-refractivity contribution in [1.82, 2.24) is 15.2 Å². The molecule has 0 aliphatic carbocycles. The summed E-state index contributed by atoms with van der Waals surface area (Å²) in [4.78, 5) is 18.7. The third-order valence-electron chi connectivity index (χ3n) is 4.32. The summed E-state index contributed by atoms with van der Waals surface area (Å²) in [5, 5.41) is 2.94. The van der Waals surface area contributed by atoms with E-state index in [-0.39, 0.29) is 17.7 Å². The van der Waals surface area contributed by atoms with Gasteiger partial charge in [0.2, 0.25) is 11.8 Å². The van der Waals surface area contributed by atoms with E-state index in [1.807, 2.05) is 33.2 Å². The van der Waals surface area contributed by atoms with Crippen LogP contribution in [0, 0.1) is 6.92 Å². The third kappa shape index (κ3) is 5.70. The Balaban J connectivity index is 1.99. The molecule has 1 aromatic carbocycles. The molecule has 0 bridgehead atoms. The maximum Gasteiger partial charge on any atom is 0.226 e. The lowest BCUT2D eigenvalue weighted by Gasteiger charge is -2.18. The minimum Gasteiger partial charge on any atom is -0.441 e. The van der Waals surface area contributed by atoms with Crippen LogP contribution in [0.25, 0.3) is 11.5 Å². The highest BCUT2D eigenvalue weighted by atomic mass is 16.4. The highest BCUT2D eigenvalue weighted by molar-refractivity contribution is 5.78. The van der Waals surface area contributed by atoms with Gasteiger partial charge in [-0.1, -0.05) is 32.9 Å². The van der Waals surface area contributed by atoms with E-state index < -0.39 is 0 Å². The van der Waals surface area contributed by atoms with Crippen LogP contribution < -0.4 is 5.32 Å². The Hall–Kier alpha value is -2.14. The van der Waals surface area contributed by atoms with E-state index in [1.54, 1.807) is 0 Å². The molecule has 0 fully saturated rings. The summed E-state index contributed by atoms with van der Waals surface area (Å²) >= 11 is 0. The van der Waals surface area contributed by atoms with E-state index in [9.17, 15) is 4.79 Å². The number of amides is 1. The second kappa shape index (κ2) is 8.49. The summed E-state index contributed by atoms with van der Waals surface area (Å²) in [6.45, 7) is 10.0. The molecule has 1 amide bonds. The van der Waals surface area contributed by atoms with Crippen LogP contribution in [0.3, 0.4) is 0 Å². The zero-order chi connectivity index (χ0) is 19.3. The van der Waals surface area contributed by atoms with Crippen molar-refractivity contribution in [3.63, 3.8) is 0 Å². The van der Waals surface area contributed by atoms with Gasteiger partial charge in [0.15, 0.2) is 0 Å². The van der Waals surface area contributed by atoms with E-state index in [1.165, 1.54) is 5.56 Å². The van der Waals surface area contributed by atoms with Gasteiger partial charge in [0.25, 0.3) is 0 Å². The number of aryl methyl sites for hydroxylation is 1. The summed E-state index contributed by atoms with van der Waals surface area (Å²) in [6, 6.07) is 8.26. The highest BCUT2D eigenvalue weighted by Crippen LogP contribution is 2.27. The van der Waals surface area contributed by atoms with Crippen molar-refractivity contribution in [2.45, 2.75) is 46.0 Å². The summed E-state index contributed by atoms with van der Waals surface area (Å²) in [6.07, 6.45) is 1.18. The van der Waals surface area contributed by atoms with Gasteiger partial charge in [0.1, 0.15) is 5.76 Å². The first-order chi connectivity index (χ1) is 12.2. The fourth-order valence-electron chi connectivity index (χ4n) is 2.67. The Bertz CT molecular complexity index is 725. The van der Waals surface area contributed by atoms with Crippen molar-refractivity contribution in [3.05, 3.63) is 41.3 Å². The zero-order valence-corrected chi connectivity index (χ0v) is 16.8. The normalized spacial score (nSPS) is 11.8. The van der Waals surface area contributed by atoms with E-state index in [2.05, 4.69) is 48.1 Å². The molecule has 1 heterocycles. The lowest BCUT2D eigenvalue weighted by molar-refractivity contribution is -0.120. The van der Waals surface area contributed by atoms with Crippen LogP contribution in [0.1, 0.15) is 44.2 Å². The number of carbonyl (C=O) groups is 1. The summed E-state index contributed by atoms with van der Waals surface area (Å²) in [7, 11) is 4.05. The second-order valence-electron chi connectivity index (χ2n) is 8.03. The molecule has 0 aliphatic rings. The summed E-state index contributed by atoms with van der Waals surface area (Å²) < 4.78 is 5.79. The minimum absolute atomic E-state index is 0.0187. The van der Waals surface area contributed by atoms with Crippen LogP contribution >= 0.6 is 0 Å². The molecule has 0 saturated heterocycles. The molecular formula is C21H31N3O2. The van der Waals surface area contributed by atoms with Gasteiger partial charge in [0.05, 0.1) is 12.1 Å². The molecule has 1 N–H and O–H groups in total. The van der Waals surface area contributed by atoms with Crippen molar-refractivity contribution in [2.75, 3.05) is 27.2 Å².